The fraction of sp³-hybridized carbons (Fsp3) is 0.375. The van der Waals surface area contributed by atoms with Gasteiger partial charge in [-0.2, -0.15) is 0 Å². The second-order valence-electron chi connectivity index (χ2n) is 8.34. The molecule has 0 atom stereocenters. The number of carbonyl (C=O) groups excluding carboxylic acids is 2. The van der Waals surface area contributed by atoms with Crippen molar-refractivity contribution in [1.82, 2.24) is 9.47 Å². The minimum atomic E-state index is -0.946. The molecule has 162 valence electrons. The first-order chi connectivity index (χ1) is 14.9. The molecule has 1 aliphatic carbocycles. The zero-order valence-electron chi connectivity index (χ0n) is 17.8. The molecule has 3 aromatic rings. The highest BCUT2D eigenvalue weighted by molar-refractivity contribution is 7.21. The molecule has 0 bridgehead atoms. The third kappa shape index (κ3) is 4.02. The maximum atomic E-state index is 12.7. The SMILES string of the molecule is CN(C)C(=O)Cn1c(-c2ccc(C=O)cc2)c(C2CCCCC2)c2sc(C(=O)O)cc21. The van der Waals surface area contributed by atoms with E-state index in [0.717, 1.165) is 59.0 Å². The van der Waals surface area contributed by atoms with Gasteiger partial charge < -0.3 is 14.6 Å². The van der Waals surface area contributed by atoms with E-state index in [2.05, 4.69) is 0 Å². The number of carboxylic acids is 1. The van der Waals surface area contributed by atoms with Crippen molar-refractivity contribution < 1.29 is 19.5 Å². The monoisotopic (exact) mass is 438 g/mol. The summed E-state index contributed by atoms with van der Waals surface area (Å²) in [5, 5.41) is 9.60. The lowest BCUT2D eigenvalue weighted by Gasteiger charge is -2.24. The Morgan fingerprint density at radius 3 is 2.42 bits per heavy atom. The van der Waals surface area contributed by atoms with E-state index in [1.54, 1.807) is 37.2 Å². The Bertz CT molecular complexity index is 1130. The molecule has 2 heterocycles. The maximum Gasteiger partial charge on any atom is 0.345 e. The van der Waals surface area contributed by atoms with E-state index in [9.17, 15) is 19.5 Å². The normalized spacial score (nSPS) is 14.6. The Hall–Kier alpha value is -2.93. The number of aromatic carboxylic acids is 1. The van der Waals surface area contributed by atoms with E-state index in [1.165, 1.54) is 17.8 Å². The molecule has 0 unspecified atom stereocenters. The molecule has 1 fully saturated rings. The summed E-state index contributed by atoms with van der Waals surface area (Å²) in [6.07, 6.45) is 6.44. The van der Waals surface area contributed by atoms with Crippen LogP contribution in [0.25, 0.3) is 21.5 Å². The van der Waals surface area contributed by atoms with Crippen LogP contribution in [0.1, 0.15) is 63.6 Å². The van der Waals surface area contributed by atoms with Crippen molar-refractivity contribution in [3.63, 3.8) is 0 Å². The third-order valence-corrected chi connectivity index (χ3v) is 7.26. The van der Waals surface area contributed by atoms with Gasteiger partial charge in [-0.05, 0) is 36.0 Å². The number of amides is 1. The van der Waals surface area contributed by atoms with Gasteiger partial charge in [0.1, 0.15) is 17.7 Å². The van der Waals surface area contributed by atoms with E-state index in [0.29, 0.717) is 11.5 Å². The summed E-state index contributed by atoms with van der Waals surface area (Å²) in [6.45, 7) is 0.136. The number of carbonyl (C=O) groups is 3. The van der Waals surface area contributed by atoms with E-state index in [4.69, 9.17) is 0 Å². The van der Waals surface area contributed by atoms with Crippen LogP contribution in [0.15, 0.2) is 30.3 Å². The van der Waals surface area contributed by atoms with Gasteiger partial charge in [0.05, 0.1) is 15.9 Å². The van der Waals surface area contributed by atoms with Crippen LogP contribution in [0.5, 0.6) is 0 Å². The van der Waals surface area contributed by atoms with Crippen molar-refractivity contribution in [1.29, 1.82) is 0 Å². The molecule has 6 nitrogen and oxygen atoms in total. The van der Waals surface area contributed by atoms with E-state index < -0.39 is 5.97 Å². The van der Waals surface area contributed by atoms with Crippen molar-refractivity contribution in [2.24, 2.45) is 0 Å². The summed E-state index contributed by atoms with van der Waals surface area (Å²) < 4.78 is 2.94. The van der Waals surface area contributed by atoms with Crippen molar-refractivity contribution in [3.05, 3.63) is 46.3 Å². The van der Waals surface area contributed by atoms with Crippen LogP contribution >= 0.6 is 11.3 Å². The van der Waals surface area contributed by atoms with E-state index in [1.807, 2.05) is 16.7 Å². The molecule has 31 heavy (non-hydrogen) atoms. The average Bonchev–Trinajstić information content (AvgIpc) is 3.32. The highest BCUT2D eigenvalue weighted by atomic mass is 32.1. The minimum absolute atomic E-state index is 0.0547. The Labute approximate surface area is 185 Å². The molecule has 0 radical (unpaired) electrons. The molecule has 1 saturated carbocycles. The Morgan fingerprint density at radius 2 is 1.84 bits per heavy atom. The van der Waals surface area contributed by atoms with Crippen LogP contribution in [0.2, 0.25) is 0 Å². The zero-order valence-corrected chi connectivity index (χ0v) is 18.6. The van der Waals surface area contributed by atoms with Gasteiger partial charge in [0.2, 0.25) is 5.91 Å². The quantitative estimate of drug-likeness (QED) is 0.548. The van der Waals surface area contributed by atoms with Gasteiger partial charge in [-0.3, -0.25) is 9.59 Å². The molecule has 4 rings (SSSR count). The standard InChI is InChI=1S/C24H26N2O4S/c1-25(2)20(28)13-26-18-12-19(24(29)30)31-23(18)21(16-6-4-3-5-7-16)22(26)17-10-8-15(14-27)9-11-17/h8-12,14,16H,3-7,13H2,1-2H3,(H,29,30). The minimum Gasteiger partial charge on any atom is -0.477 e. The first kappa shape index (κ1) is 21.3. The summed E-state index contributed by atoms with van der Waals surface area (Å²) in [7, 11) is 3.44. The van der Waals surface area contributed by atoms with E-state index in [-0.39, 0.29) is 17.3 Å². The largest absolute Gasteiger partial charge is 0.477 e. The van der Waals surface area contributed by atoms with Gasteiger partial charge in [0.15, 0.2) is 0 Å². The Morgan fingerprint density at radius 1 is 1.16 bits per heavy atom. The molecule has 2 aromatic heterocycles. The Kier molecular flexibility index (Phi) is 5.96. The number of carboxylic acid groups (broad SMARTS) is 1. The number of rotatable bonds is 6. The molecule has 1 amide bonds. The smallest absolute Gasteiger partial charge is 0.345 e. The molecule has 1 N–H and O–H groups in total. The zero-order chi connectivity index (χ0) is 22.1. The summed E-state index contributed by atoms with van der Waals surface area (Å²) in [6, 6.07) is 9.11. The number of nitrogens with zero attached hydrogens (tertiary/aromatic N) is 2. The second kappa shape index (κ2) is 8.67. The van der Waals surface area contributed by atoms with Crippen molar-refractivity contribution in [2.75, 3.05) is 14.1 Å². The third-order valence-electron chi connectivity index (χ3n) is 6.11. The maximum absolute atomic E-state index is 12.7. The highest BCUT2D eigenvalue weighted by Gasteiger charge is 2.29. The number of hydrogen-bond acceptors (Lipinski definition) is 4. The number of hydrogen-bond donors (Lipinski definition) is 1. The van der Waals surface area contributed by atoms with Crippen molar-refractivity contribution >= 4 is 39.7 Å². The van der Waals surface area contributed by atoms with Gasteiger partial charge in [-0.1, -0.05) is 43.5 Å². The summed E-state index contributed by atoms with van der Waals surface area (Å²) >= 11 is 1.30. The summed E-state index contributed by atoms with van der Waals surface area (Å²) in [5.74, 6) is -0.674. The predicted molar refractivity (Wildman–Crippen MR) is 122 cm³/mol. The predicted octanol–water partition coefficient (Wildman–Crippen LogP) is 5.02. The number of thiophene rings is 1. The first-order valence-corrected chi connectivity index (χ1v) is 11.4. The lowest BCUT2D eigenvalue weighted by molar-refractivity contribution is -0.129. The number of benzene rings is 1. The van der Waals surface area contributed by atoms with Gasteiger partial charge in [0.25, 0.3) is 0 Å². The van der Waals surface area contributed by atoms with Crippen LogP contribution in [-0.2, 0) is 11.3 Å². The first-order valence-electron chi connectivity index (χ1n) is 10.6. The average molecular weight is 439 g/mol. The molecular formula is C24H26N2O4S. The van der Waals surface area contributed by atoms with E-state index >= 15 is 0 Å². The number of likely N-dealkylation sites (N-methyl/N-ethyl adjacent to an activating group) is 1. The second-order valence-corrected chi connectivity index (χ2v) is 9.39. The van der Waals surface area contributed by atoms with Gasteiger partial charge in [0, 0.05) is 19.7 Å². The highest BCUT2D eigenvalue weighted by Crippen LogP contribution is 2.46. The number of fused-ring (bicyclic) bond motifs is 1. The number of aldehydes is 1. The van der Waals surface area contributed by atoms with Crippen LogP contribution in [-0.4, -0.2) is 46.8 Å². The molecule has 0 aliphatic heterocycles. The lowest BCUT2D eigenvalue weighted by atomic mass is 9.83. The fourth-order valence-electron chi connectivity index (χ4n) is 4.50. The van der Waals surface area contributed by atoms with Crippen LogP contribution in [0, 0.1) is 0 Å². The van der Waals surface area contributed by atoms with Crippen LogP contribution in [0.4, 0.5) is 0 Å². The molecule has 7 heteroatoms. The van der Waals surface area contributed by atoms with Crippen molar-refractivity contribution in [2.45, 2.75) is 44.6 Å². The number of aromatic nitrogens is 1. The van der Waals surface area contributed by atoms with Gasteiger partial charge >= 0.3 is 5.97 Å². The molecular weight excluding hydrogens is 412 g/mol. The Balaban J connectivity index is 1.99. The summed E-state index contributed by atoms with van der Waals surface area (Å²) in [5.41, 5.74) is 4.46. The van der Waals surface area contributed by atoms with Crippen LogP contribution < -0.4 is 0 Å². The summed E-state index contributed by atoms with van der Waals surface area (Å²) in [4.78, 5) is 37.4. The molecule has 1 aromatic carbocycles. The molecule has 0 saturated heterocycles. The van der Waals surface area contributed by atoms with Crippen LogP contribution in [0.3, 0.4) is 0 Å². The lowest BCUT2D eigenvalue weighted by Crippen LogP contribution is -2.26. The topological polar surface area (TPSA) is 79.6 Å². The van der Waals surface area contributed by atoms with Gasteiger partial charge in [-0.25, -0.2) is 4.79 Å². The molecule has 1 aliphatic rings. The van der Waals surface area contributed by atoms with Gasteiger partial charge in [-0.15, -0.1) is 11.3 Å². The van der Waals surface area contributed by atoms with Crippen molar-refractivity contribution in [3.8, 4) is 11.3 Å². The fourth-order valence-corrected chi connectivity index (χ4v) is 5.62. The molecule has 0 spiro atoms.